The highest BCUT2D eigenvalue weighted by atomic mass is 16.6. The Morgan fingerprint density at radius 1 is 1.32 bits per heavy atom. The van der Waals surface area contributed by atoms with Crippen LogP contribution < -0.4 is 4.74 Å². The van der Waals surface area contributed by atoms with Gasteiger partial charge in [0.15, 0.2) is 6.61 Å². The highest BCUT2D eigenvalue weighted by Crippen LogP contribution is 2.23. The van der Waals surface area contributed by atoms with Crippen molar-refractivity contribution < 1.29 is 29.0 Å². The van der Waals surface area contributed by atoms with Crippen LogP contribution in [0.1, 0.15) is 36.0 Å². The van der Waals surface area contributed by atoms with Gasteiger partial charge >= 0.3 is 11.9 Å². The van der Waals surface area contributed by atoms with Crippen LogP contribution in [0.25, 0.3) is 0 Å². The van der Waals surface area contributed by atoms with Crippen molar-refractivity contribution in [3.8, 4) is 5.75 Å². The second-order valence-electron chi connectivity index (χ2n) is 6.08. The second kappa shape index (κ2) is 9.05. The summed E-state index contributed by atoms with van der Waals surface area (Å²) in [5.41, 5.74) is 0.487. The van der Waals surface area contributed by atoms with Crippen LogP contribution in [0.2, 0.25) is 0 Å². The minimum atomic E-state index is -0.807. The van der Waals surface area contributed by atoms with Gasteiger partial charge in [0.25, 0.3) is 5.91 Å². The summed E-state index contributed by atoms with van der Waals surface area (Å²) < 4.78 is 9.83. The van der Waals surface area contributed by atoms with Gasteiger partial charge in [-0.05, 0) is 43.4 Å². The summed E-state index contributed by atoms with van der Waals surface area (Å²) in [5.74, 6) is -0.764. The Labute approximate surface area is 146 Å². The van der Waals surface area contributed by atoms with Crippen molar-refractivity contribution in [2.45, 2.75) is 25.7 Å². The standard InChI is InChI=1S/C18H23NO6/c1-24-17(22)12-25-15-6-2-5-14(10-15)18(23)19-9-3-4-13(11-19)7-8-16(20)21/h2,5-6,10,13H,3-4,7-9,11-12H2,1H3,(H,20,21). The van der Waals surface area contributed by atoms with Crippen LogP contribution in [0.5, 0.6) is 5.75 Å². The molecule has 1 aromatic carbocycles. The third-order valence-electron chi connectivity index (χ3n) is 4.24. The molecule has 0 bridgehead atoms. The van der Waals surface area contributed by atoms with Gasteiger partial charge in [-0.1, -0.05) is 6.07 Å². The zero-order chi connectivity index (χ0) is 18.2. The van der Waals surface area contributed by atoms with E-state index in [1.165, 1.54) is 7.11 Å². The molecule has 1 aliphatic rings. The van der Waals surface area contributed by atoms with Crippen LogP contribution in [0.4, 0.5) is 0 Å². The maximum Gasteiger partial charge on any atom is 0.343 e. The first kappa shape index (κ1) is 18.8. The van der Waals surface area contributed by atoms with E-state index < -0.39 is 11.9 Å². The van der Waals surface area contributed by atoms with Crippen molar-refractivity contribution in [2.24, 2.45) is 5.92 Å². The van der Waals surface area contributed by atoms with Crippen molar-refractivity contribution in [3.05, 3.63) is 29.8 Å². The molecule has 1 unspecified atom stereocenters. The van der Waals surface area contributed by atoms with Gasteiger partial charge in [0.2, 0.25) is 0 Å². The largest absolute Gasteiger partial charge is 0.482 e. The summed E-state index contributed by atoms with van der Waals surface area (Å²) in [6, 6.07) is 6.68. The predicted molar refractivity (Wildman–Crippen MR) is 89.5 cm³/mol. The molecule has 1 fully saturated rings. The van der Waals surface area contributed by atoms with Gasteiger partial charge in [0, 0.05) is 25.1 Å². The van der Waals surface area contributed by atoms with Crippen LogP contribution in [0.3, 0.4) is 0 Å². The van der Waals surface area contributed by atoms with E-state index >= 15 is 0 Å². The molecule has 1 N–H and O–H groups in total. The Morgan fingerprint density at radius 3 is 2.84 bits per heavy atom. The van der Waals surface area contributed by atoms with Gasteiger partial charge in [-0.2, -0.15) is 0 Å². The number of esters is 1. The summed E-state index contributed by atoms with van der Waals surface area (Å²) in [4.78, 5) is 36.3. The molecule has 1 aromatic rings. The minimum absolute atomic E-state index is 0.108. The topological polar surface area (TPSA) is 93.1 Å². The van der Waals surface area contributed by atoms with Gasteiger partial charge in [0.1, 0.15) is 5.75 Å². The lowest BCUT2D eigenvalue weighted by atomic mass is 9.93. The molecule has 0 spiro atoms. The molecule has 1 atom stereocenters. The number of carbonyl (C=O) groups excluding carboxylic acids is 2. The lowest BCUT2D eigenvalue weighted by molar-refractivity contribution is -0.143. The summed E-state index contributed by atoms with van der Waals surface area (Å²) in [7, 11) is 1.28. The zero-order valence-corrected chi connectivity index (χ0v) is 14.3. The first-order valence-electron chi connectivity index (χ1n) is 8.30. The minimum Gasteiger partial charge on any atom is -0.482 e. The third kappa shape index (κ3) is 5.77. The van der Waals surface area contributed by atoms with Gasteiger partial charge < -0.3 is 19.5 Å². The summed E-state index contributed by atoms with van der Waals surface area (Å²) in [6.07, 6.45) is 2.53. The van der Waals surface area contributed by atoms with Crippen LogP contribution in [-0.2, 0) is 14.3 Å². The summed E-state index contributed by atoms with van der Waals surface area (Å²) in [5, 5.41) is 8.81. The quantitative estimate of drug-likeness (QED) is 0.757. The molecule has 1 aliphatic heterocycles. The molecule has 136 valence electrons. The van der Waals surface area contributed by atoms with Gasteiger partial charge in [-0.3, -0.25) is 9.59 Å². The molecule has 25 heavy (non-hydrogen) atoms. The molecule has 1 heterocycles. The van der Waals surface area contributed by atoms with Gasteiger partial charge in [0.05, 0.1) is 7.11 Å². The zero-order valence-electron chi connectivity index (χ0n) is 14.3. The number of amides is 1. The van der Waals surface area contributed by atoms with Crippen molar-refractivity contribution >= 4 is 17.8 Å². The number of hydrogen-bond acceptors (Lipinski definition) is 5. The Hall–Kier alpha value is -2.57. The van der Waals surface area contributed by atoms with Crippen LogP contribution in [0, 0.1) is 5.92 Å². The number of piperidine rings is 1. The molecular weight excluding hydrogens is 326 g/mol. The average Bonchev–Trinajstić information content (AvgIpc) is 2.64. The smallest absolute Gasteiger partial charge is 0.343 e. The number of benzene rings is 1. The molecule has 0 radical (unpaired) electrons. The Bertz CT molecular complexity index is 630. The number of hydrogen-bond donors (Lipinski definition) is 1. The molecule has 2 rings (SSSR count). The first-order valence-corrected chi connectivity index (χ1v) is 8.30. The number of aliphatic carboxylic acids is 1. The van der Waals surface area contributed by atoms with Crippen LogP contribution >= 0.6 is 0 Å². The Kier molecular flexibility index (Phi) is 6.80. The van der Waals surface area contributed by atoms with Crippen molar-refractivity contribution in [3.63, 3.8) is 0 Å². The van der Waals surface area contributed by atoms with E-state index in [4.69, 9.17) is 9.84 Å². The number of methoxy groups -OCH3 is 1. The number of rotatable bonds is 7. The molecule has 7 heteroatoms. The summed E-state index contributed by atoms with van der Waals surface area (Å²) in [6.45, 7) is 1.02. The van der Waals surface area contributed by atoms with E-state index in [1.54, 1.807) is 29.2 Å². The van der Waals surface area contributed by atoms with E-state index in [2.05, 4.69) is 4.74 Å². The van der Waals surface area contributed by atoms with E-state index in [1.807, 2.05) is 0 Å². The fourth-order valence-corrected chi connectivity index (χ4v) is 2.92. The van der Waals surface area contributed by atoms with E-state index in [0.717, 1.165) is 12.8 Å². The Balaban J connectivity index is 1.97. The average molecular weight is 349 g/mol. The molecule has 0 aromatic heterocycles. The molecule has 1 saturated heterocycles. The normalized spacial score (nSPS) is 17.0. The fourth-order valence-electron chi connectivity index (χ4n) is 2.92. The number of carbonyl (C=O) groups is 3. The molecular formula is C18H23NO6. The molecule has 0 aliphatic carbocycles. The summed E-state index contributed by atoms with van der Waals surface area (Å²) >= 11 is 0. The first-order chi connectivity index (χ1) is 12.0. The Morgan fingerprint density at radius 2 is 2.12 bits per heavy atom. The van der Waals surface area contributed by atoms with E-state index in [0.29, 0.717) is 30.8 Å². The van der Waals surface area contributed by atoms with Gasteiger partial charge in [-0.25, -0.2) is 4.79 Å². The predicted octanol–water partition coefficient (Wildman–Crippen LogP) is 1.96. The molecule has 7 nitrogen and oxygen atoms in total. The van der Waals surface area contributed by atoms with Crippen LogP contribution in [-0.4, -0.2) is 54.7 Å². The molecule has 0 saturated carbocycles. The number of nitrogens with zero attached hydrogens (tertiary/aromatic N) is 1. The second-order valence-corrected chi connectivity index (χ2v) is 6.08. The lowest BCUT2D eigenvalue weighted by Crippen LogP contribution is -2.40. The fraction of sp³-hybridized carbons (Fsp3) is 0.500. The number of likely N-dealkylation sites (tertiary alicyclic amines) is 1. The van der Waals surface area contributed by atoms with E-state index in [-0.39, 0.29) is 24.9 Å². The van der Waals surface area contributed by atoms with Crippen molar-refractivity contribution in [2.75, 3.05) is 26.8 Å². The van der Waals surface area contributed by atoms with Gasteiger partial charge in [-0.15, -0.1) is 0 Å². The maximum atomic E-state index is 12.7. The SMILES string of the molecule is COC(=O)COc1cccc(C(=O)N2CCCC(CCC(=O)O)C2)c1. The highest BCUT2D eigenvalue weighted by molar-refractivity contribution is 5.94. The third-order valence-corrected chi connectivity index (χ3v) is 4.24. The van der Waals surface area contributed by atoms with Crippen molar-refractivity contribution in [1.29, 1.82) is 0 Å². The van der Waals surface area contributed by atoms with Crippen LogP contribution in [0.15, 0.2) is 24.3 Å². The molecule has 1 amide bonds. The number of carboxylic acids is 1. The van der Waals surface area contributed by atoms with E-state index in [9.17, 15) is 14.4 Å². The highest BCUT2D eigenvalue weighted by Gasteiger charge is 2.25. The maximum absolute atomic E-state index is 12.7. The number of carboxylic acid groups (broad SMARTS) is 1. The number of ether oxygens (including phenoxy) is 2. The monoisotopic (exact) mass is 349 g/mol. The lowest BCUT2D eigenvalue weighted by Gasteiger charge is -2.32. The van der Waals surface area contributed by atoms with Crippen molar-refractivity contribution in [1.82, 2.24) is 4.90 Å².